The molecule has 1 aliphatic rings. The summed E-state index contributed by atoms with van der Waals surface area (Å²) < 4.78 is 14.9. The summed E-state index contributed by atoms with van der Waals surface area (Å²) in [7, 11) is 0. The van der Waals surface area contributed by atoms with Gasteiger partial charge in [0.25, 0.3) is 0 Å². The van der Waals surface area contributed by atoms with E-state index in [1.165, 1.54) is 11.1 Å². The Hall–Kier alpha value is -4.50. The first-order valence-corrected chi connectivity index (χ1v) is 11.0. The Labute approximate surface area is 191 Å². The van der Waals surface area contributed by atoms with Gasteiger partial charge in [0.2, 0.25) is 0 Å². The van der Waals surface area contributed by atoms with Crippen LogP contribution in [-0.4, -0.2) is 4.57 Å². The molecule has 0 aliphatic carbocycles. The minimum Gasteiger partial charge on any atom is -0.449 e. The van der Waals surface area contributed by atoms with Crippen molar-refractivity contribution in [2.45, 2.75) is 0 Å². The fraction of sp³-hybridized carbons (Fsp3) is 0. The quantitative estimate of drug-likeness (QED) is 0.278. The first-order valence-electron chi connectivity index (χ1n) is 11.0. The number of hydrogen-bond acceptors (Lipinski definition) is 2. The zero-order valence-electron chi connectivity index (χ0n) is 17.7. The Kier molecular flexibility index (Phi) is 3.84. The number of hydrogen-bond donors (Lipinski definition) is 0. The highest BCUT2D eigenvalue weighted by Gasteiger charge is 2.24. The Morgan fingerprint density at radius 3 is 1.94 bits per heavy atom. The molecular formula is C30H19NO2. The molecule has 156 valence electrons. The largest absolute Gasteiger partial charge is 0.449 e. The van der Waals surface area contributed by atoms with Crippen molar-refractivity contribution in [1.29, 1.82) is 0 Å². The maximum atomic E-state index is 6.39. The topological polar surface area (TPSA) is 23.4 Å². The summed E-state index contributed by atoms with van der Waals surface area (Å²) in [6.45, 7) is 0. The van der Waals surface area contributed by atoms with E-state index in [1.807, 2.05) is 36.4 Å². The van der Waals surface area contributed by atoms with Crippen LogP contribution in [0, 0.1) is 0 Å². The zero-order valence-corrected chi connectivity index (χ0v) is 17.7. The highest BCUT2D eigenvalue weighted by Crippen LogP contribution is 2.51. The van der Waals surface area contributed by atoms with E-state index in [0.29, 0.717) is 0 Å². The lowest BCUT2D eigenvalue weighted by Crippen LogP contribution is -1.99. The normalized spacial score (nSPS) is 12.1. The maximum Gasteiger partial charge on any atom is 0.180 e. The summed E-state index contributed by atoms with van der Waals surface area (Å²) in [5.74, 6) is 2.98. The van der Waals surface area contributed by atoms with E-state index < -0.39 is 0 Å². The maximum absolute atomic E-state index is 6.39. The third-order valence-corrected chi connectivity index (χ3v) is 6.27. The summed E-state index contributed by atoms with van der Waals surface area (Å²) in [4.78, 5) is 0. The predicted molar refractivity (Wildman–Crippen MR) is 133 cm³/mol. The van der Waals surface area contributed by atoms with E-state index in [0.717, 1.165) is 50.5 Å². The second kappa shape index (κ2) is 7.01. The third-order valence-electron chi connectivity index (χ3n) is 6.27. The number of nitrogens with zero attached hydrogens (tertiary/aromatic N) is 1. The molecule has 0 saturated carbocycles. The highest BCUT2D eigenvalue weighted by atomic mass is 16.6. The Morgan fingerprint density at radius 1 is 0.455 bits per heavy atom. The molecule has 0 N–H and O–H groups in total. The molecule has 5 aromatic carbocycles. The average molecular weight is 425 g/mol. The van der Waals surface area contributed by atoms with Crippen LogP contribution in [0.2, 0.25) is 0 Å². The minimum absolute atomic E-state index is 0.738. The van der Waals surface area contributed by atoms with Gasteiger partial charge in [-0.3, -0.25) is 0 Å². The van der Waals surface area contributed by atoms with Crippen molar-refractivity contribution in [1.82, 2.24) is 4.57 Å². The molecule has 0 bridgehead atoms. The predicted octanol–water partition coefficient (Wildman–Crippen LogP) is 8.35. The third kappa shape index (κ3) is 2.76. The second-order valence-corrected chi connectivity index (χ2v) is 8.20. The van der Waals surface area contributed by atoms with E-state index in [1.54, 1.807) is 0 Å². The van der Waals surface area contributed by atoms with Crippen LogP contribution in [0.4, 0.5) is 0 Å². The molecule has 3 nitrogen and oxygen atoms in total. The van der Waals surface area contributed by atoms with Crippen molar-refractivity contribution in [2.75, 3.05) is 0 Å². The first-order chi connectivity index (χ1) is 16.4. The van der Waals surface area contributed by atoms with Crippen LogP contribution in [0.15, 0.2) is 115 Å². The molecule has 2 heterocycles. The van der Waals surface area contributed by atoms with Gasteiger partial charge in [0, 0.05) is 11.1 Å². The van der Waals surface area contributed by atoms with E-state index in [-0.39, 0.29) is 0 Å². The molecule has 1 aromatic heterocycles. The van der Waals surface area contributed by atoms with Crippen LogP contribution in [0.5, 0.6) is 23.0 Å². The molecule has 0 amide bonds. The molecule has 6 aromatic rings. The Balaban J connectivity index is 1.45. The van der Waals surface area contributed by atoms with Crippen molar-refractivity contribution in [3.63, 3.8) is 0 Å². The SMILES string of the molecule is c1ccc(-c2ccc(-n3c4ccccc4c4c5c(ccc43)Oc3ccccc3O5)cc2)cc1. The number of fused-ring (bicyclic) bond motifs is 6. The smallest absolute Gasteiger partial charge is 0.180 e. The molecule has 1 aliphatic heterocycles. The van der Waals surface area contributed by atoms with Gasteiger partial charge in [0.05, 0.1) is 16.4 Å². The van der Waals surface area contributed by atoms with Crippen LogP contribution in [-0.2, 0) is 0 Å². The van der Waals surface area contributed by atoms with Crippen LogP contribution >= 0.6 is 0 Å². The van der Waals surface area contributed by atoms with Gasteiger partial charge in [-0.1, -0.05) is 72.8 Å². The van der Waals surface area contributed by atoms with E-state index >= 15 is 0 Å². The summed E-state index contributed by atoms with van der Waals surface area (Å²) in [5, 5.41) is 2.20. The molecule has 0 unspecified atom stereocenters. The van der Waals surface area contributed by atoms with E-state index in [4.69, 9.17) is 9.47 Å². The van der Waals surface area contributed by atoms with Gasteiger partial charge in [0.1, 0.15) is 0 Å². The van der Waals surface area contributed by atoms with Gasteiger partial charge in [-0.05, 0) is 53.6 Å². The second-order valence-electron chi connectivity index (χ2n) is 8.20. The lowest BCUT2D eigenvalue weighted by Gasteiger charge is -2.21. The number of rotatable bonds is 2. The number of para-hydroxylation sites is 3. The molecule has 0 radical (unpaired) electrons. The highest BCUT2D eigenvalue weighted by molar-refractivity contribution is 6.13. The standard InChI is InChI=1S/C30H19NO2/c1-2-8-20(9-3-1)21-14-16-22(17-15-21)31-24-11-5-4-10-23(24)29-25(31)18-19-28-30(29)33-27-13-7-6-12-26(27)32-28/h1-19H. The number of aromatic nitrogens is 1. The fourth-order valence-corrected chi connectivity index (χ4v) is 4.75. The van der Waals surface area contributed by atoms with Crippen LogP contribution in [0.3, 0.4) is 0 Å². The van der Waals surface area contributed by atoms with Crippen molar-refractivity contribution in [3.8, 4) is 39.8 Å². The van der Waals surface area contributed by atoms with Crippen molar-refractivity contribution in [3.05, 3.63) is 115 Å². The molecule has 3 heteroatoms. The van der Waals surface area contributed by atoms with Gasteiger partial charge >= 0.3 is 0 Å². The molecular weight excluding hydrogens is 406 g/mol. The first kappa shape index (κ1) is 18.1. The average Bonchev–Trinajstić information content (AvgIpc) is 3.23. The summed E-state index contributed by atoms with van der Waals surface area (Å²) in [6.07, 6.45) is 0. The number of benzene rings is 5. The Bertz CT molecular complexity index is 1650. The zero-order chi connectivity index (χ0) is 21.8. The lowest BCUT2D eigenvalue weighted by atomic mass is 10.1. The van der Waals surface area contributed by atoms with Crippen LogP contribution in [0.1, 0.15) is 0 Å². The molecule has 0 atom stereocenters. The van der Waals surface area contributed by atoms with E-state index in [2.05, 4.69) is 83.4 Å². The Morgan fingerprint density at radius 2 is 1.12 bits per heavy atom. The van der Waals surface area contributed by atoms with Crippen molar-refractivity contribution < 1.29 is 9.47 Å². The van der Waals surface area contributed by atoms with Crippen molar-refractivity contribution in [2.24, 2.45) is 0 Å². The monoisotopic (exact) mass is 425 g/mol. The molecule has 7 rings (SSSR count). The lowest BCUT2D eigenvalue weighted by molar-refractivity contribution is 0.363. The van der Waals surface area contributed by atoms with Crippen LogP contribution in [0.25, 0.3) is 38.6 Å². The van der Waals surface area contributed by atoms with Gasteiger partial charge in [-0.15, -0.1) is 0 Å². The van der Waals surface area contributed by atoms with Gasteiger partial charge < -0.3 is 14.0 Å². The van der Waals surface area contributed by atoms with Gasteiger partial charge in [-0.2, -0.15) is 0 Å². The van der Waals surface area contributed by atoms with E-state index in [9.17, 15) is 0 Å². The molecule has 0 fully saturated rings. The number of ether oxygens (including phenoxy) is 2. The van der Waals surface area contributed by atoms with Crippen LogP contribution < -0.4 is 9.47 Å². The summed E-state index contributed by atoms with van der Waals surface area (Å²) >= 11 is 0. The minimum atomic E-state index is 0.738. The van der Waals surface area contributed by atoms with Gasteiger partial charge in [0.15, 0.2) is 23.0 Å². The fourth-order valence-electron chi connectivity index (χ4n) is 4.75. The molecule has 0 saturated heterocycles. The van der Waals surface area contributed by atoms with Crippen molar-refractivity contribution >= 4 is 21.8 Å². The summed E-state index contributed by atoms with van der Waals surface area (Å²) in [6, 6.07) is 39.5. The molecule has 0 spiro atoms. The van der Waals surface area contributed by atoms with Gasteiger partial charge in [-0.25, -0.2) is 0 Å². The molecule has 33 heavy (non-hydrogen) atoms. The summed E-state index contributed by atoms with van der Waals surface area (Å²) in [5.41, 5.74) is 5.74.